The SMILES string of the molecule is O=C(COC(=O)CN1CCSC1=O)NCCc1ccc(Cl)cc1Cl. The number of thioether (sulfide) groups is 1. The molecule has 1 heterocycles. The van der Waals surface area contributed by atoms with Crippen LogP contribution in [0.2, 0.25) is 10.0 Å². The molecular weight excluding hydrogens is 375 g/mol. The van der Waals surface area contributed by atoms with Crippen molar-refractivity contribution in [3.8, 4) is 0 Å². The maximum absolute atomic E-state index is 11.7. The Morgan fingerprint density at radius 1 is 1.33 bits per heavy atom. The molecule has 1 N–H and O–H groups in total. The van der Waals surface area contributed by atoms with Gasteiger partial charge in [-0.3, -0.25) is 14.4 Å². The van der Waals surface area contributed by atoms with Crippen molar-refractivity contribution in [2.75, 3.05) is 32.0 Å². The Hall–Kier alpha value is -1.44. The van der Waals surface area contributed by atoms with Crippen LogP contribution in [0.4, 0.5) is 4.79 Å². The highest BCUT2D eigenvalue weighted by molar-refractivity contribution is 8.13. The highest BCUT2D eigenvalue weighted by Gasteiger charge is 2.24. The fourth-order valence-electron chi connectivity index (χ4n) is 2.03. The second-order valence-corrected chi connectivity index (χ2v) is 6.92. The molecule has 2 rings (SSSR count). The van der Waals surface area contributed by atoms with E-state index in [0.29, 0.717) is 35.3 Å². The molecule has 2 amide bonds. The van der Waals surface area contributed by atoms with Crippen LogP contribution in [0.3, 0.4) is 0 Å². The zero-order valence-corrected chi connectivity index (χ0v) is 15.0. The average Bonchev–Trinajstić information content (AvgIpc) is 2.92. The Kier molecular flexibility index (Phi) is 7.20. The van der Waals surface area contributed by atoms with E-state index in [0.717, 1.165) is 17.3 Å². The first-order valence-corrected chi connectivity index (χ1v) is 8.98. The topological polar surface area (TPSA) is 75.7 Å². The summed E-state index contributed by atoms with van der Waals surface area (Å²) in [6.45, 7) is 0.382. The molecule has 0 spiro atoms. The van der Waals surface area contributed by atoms with Crippen molar-refractivity contribution in [1.29, 1.82) is 0 Å². The first-order chi connectivity index (χ1) is 11.5. The highest BCUT2D eigenvalue weighted by Crippen LogP contribution is 2.21. The van der Waals surface area contributed by atoms with E-state index < -0.39 is 11.9 Å². The normalized spacial score (nSPS) is 13.9. The minimum atomic E-state index is -0.596. The van der Waals surface area contributed by atoms with Gasteiger partial charge in [-0.15, -0.1) is 0 Å². The zero-order chi connectivity index (χ0) is 17.5. The summed E-state index contributed by atoms with van der Waals surface area (Å²) < 4.78 is 4.86. The molecule has 1 aromatic carbocycles. The molecule has 1 fully saturated rings. The number of ether oxygens (including phenoxy) is 1. The van der Waals surface area contributed by atoms with E-state index in [4.69, 9.17) is 27.9 Å². The van der Waals surface area contributed by atoms with Crippen molar-refractivity contribution < 1.29 is 19.1 Å². The van der Waals surface area contributed by atoms with E-state index in [1.807, 2.05) is 0 Å². The van der Waals surface area contributed by atoms with Crippen LogP contribution < -0.4 is 5.32 Å². The Bertz CT molecular complexity index is 642. The van der Waals surface area contributed by atoms with E-state index in [2.05, 4.69) is 5.32 Å². The predicted molar refractivity (Wildman–Crippen MR) is 93.6 cm³/mol. The number of rotatable bonds is 7. The summed E-state index contributed by atoms with van der Waals surface area (Å²) in [5.41, 5.74) is 0.864. The third kappa shape index (κ3) is 5.89. The number of amides is 2. The lowest BCUT2D eigenvalue weighted by atomic mass is 10.1. The van der Waals surface area contributed by atoms with Crippen LogP contribution in [0.1, 0.15) is 5.56 Å². The lowest BCUT2D eigenvalue weighted by Gasteiger charge is -2.13. The monoisotopic (exact) mass is 390 g/mol. The Balaban J connectivity index is 1.64. The van der Waals surface area contributed by atoms with Gasteiger partial charge in [0.15, 0.2) is 6.61 Å². The number of nitrogens with one attached hydrogen (secondary N) is 1. The Morgan fingerprint density at radius 3 is 2.79 bits per heavy atom. The molecule has 1 aromatic rings. The Morgan fingerprint density at radius 2 is 2.12 bits per heavy atom. The highest BCUT2D eigenvalue weighted by atomic mass is 35.5. The van der Waals surface area contributed by atoms with Gasteiger partial charge in [-0.25, -0.2) is 0 Å². The molecule has 1 saturated heterocycles. The molecule has 0 atom stereocenters. The fraction of sp³-hybridized carbons (Fsp3) is 0.400. The molecule has 9 heteroatoms. The molecule has 24 heavy (non-hydrogen) atoms. The van der Waals surface area contributed by atoms with Crippen molar-refractivity contribution in [2.24, 2.45) is 0 Å². The number of carbonyl (C=O) groups excluding carboxylic acids is 3. The minimum absolute atomic E-state index is 0.126. The van der Waals surface area contributed by atoms with Crippen LogP contribution in [0.25, 0.3) is 0 Å². The summed E-state index contributed by atoms with van der Waals surface area (Å²) in [4.78, 5) is 36.0. The molecule has 0 bridgehead atoms. The summed E-state index contributed by atoms with van der Waals surface area (Å²) in [6.07, 6.45) is 0.537. The number of nitrogens with zero attached hydrogens (tertiary/aromatic N) is 1. The van der Waals surface area contributed by atoms with Crippen molar-refractivity contribution in [3.63, 3.8) is 0 Å². The number of carbonyl (C=O) groups is 3. The number of esters is 1. The van der Waals surface area contributed by atoms with E-state index >= 15 is 0 Å². The van der Waals surface area contributed by atoms with Crippen molar-refractivity contribution in [1.82, 2.24) is 10.2 Å². The molecule has 0 aromatic heterocycles. The van der Waals surface area contributed by atoms with Gasteiger partial charge < -0.3 is 15.0 Å². The van der Waals surface area contributed by atoms with Crippen LogP contribution in [0.15, 0.2) is 18.2 Å². The van der Waals surface area contributed by atoms with E-state index in [9.17, 15) is 14.4 Å². The summed E-state index contributed by atoms with van der Waals surface area (Å²) in [7, 11) is 0. The minimum Gasteiger partial charge on any atom is -0.454 e. The molecule has 6 nitrogen and oxygen atoms in total. The second kappa shape index (κ2) is 9.15. The third-order valence-electron chi connectivity index (χ3n) is 3.26. The van der Waals surface area contributed by atoms with E-state index in [1.54, 1.807) is 18.2 Å². The van der Waals surface area contributed by atoms with Crippen LogP contribution in [0.5, 0.6) is 0 Å². The van der Waals surface area contributed by atoms with Gasteiger partial charge in [-0.05, 0) is 24.1 Å². The summed E-state index contributed by atoms with van der Waals surface area (Å²) in [6, 6.07) is 5.16. The van der Waals surface area contributed by atoms with Gasteiger partial charge in [0.25, 0.3) is 11.1 Å². The predicted octanol–water partition coefficient (Wildman–Crippen LogP) is 2.36. The molecule has 130 valence electrons. The summed E-state index contributed by atoms with van der Waals surface area (Å²) in [5.74, 6) is -0.336. The molecule has 0 radical (unpaired) electrons. The van der Waals surface area contributed by atoms with Gasteiger partial charge in [0.05, 0.1) is 0 Å². The van der Waals surface area contributed by atoms with Gasteiger partial charge in [-0.2, -0.15) is 0 Å². The van der Waals surface area contributed by atoms with Crippen molar-refractivity contribution >= 4 is 52.1 Å². The van der Waals surface area contributed by atoms with Gasteiger partial charge >= 0.3 is 5.97 Å². The molecule has 0 saturated carbocycles. The largest absolute Gasteiger partial charge is 0.454 e. The summed E-state index contributed by atoms with van der Waals surface area (Å²) >= 11 is 13.0. The Labute approximate surface area is 153 Å². The summed E-state index contributed by atoms with van der Waals surface area (Å²) in [5, 5.41) is 3.58. The molecule has 1 aliphatic heterocycles. The third-order valence-corrected chi connectivity index (χ3v) is 4.74. The van der Waals surface area contributed by atoms with Gasteiger partial charge in [0.2, 0.25) is 0 Å². The van der Waals surface area contributed by atoms with Gasteiger partial charge in [0.1, 0.15) is 6.54 Å². The van der Waals surface area contributed by atoms with Crippen LogP contribution >= 0.6 is 35.0 Å². The molecule has 1 aliphatic rings. The molecular formula is C15H16Cl2N2O4S. The van der Waals surface area contributed by atoms with E-state index in [1.165, 1.54) is 4.90 Å². The molecule has 0 unspecified atom stereocenters. The van der Waals surface area contributed by atoms with Crippen LogP contribution in [-0.2, 0) is 20.7 Å². The van der Waals surface area contributed by atoms with Crippen molar-refractivity contribution in [2.45, 2.75) is 6.42 Å². The smallest absolute Gasteiger partial charge is 0.326 e. The first kappa shape index (κ1) is 18.9. The van der Waals surface area contributed by atoms with Crippen LogP contribution in [-0.4, -0.2) is 54.0 Å². The quantitative estimate of drug-likeness (QED) is 0.723. The standard InChI is InChI=1S/C15H16Cl2N2O4S/c16-11-2-1-10(12(17)7-11)3-4-18-13(20)9-23-14(21)8-19-5-6-24-15(19)22/h1-2,7H,3-6,8-9H2,(H,18,20). The average molecular weight is 391 g/mol. The van der Waals surface area contributed by atoms with Gasteiger partial charge in [0, 0.05) is 28.9 Å². The number of benzene rings is 1. The second-order valence-electron chi connectivity index (χ2n) is 5.03. The number of halogens is 2. The maximum atomic E-state index is 11.7. The zero-order valence-electron chi connectivity index (χ0n) is 12.7. The van der Waals surface area contributed by atoms with Crippen LogP contribution in [0, 0.1) is 0 Å². The van der Waals surface area contributed by atoms with Gasteiger partial charge in [-0.1, -0.05) is 41.0 Å². The van der Waals surface area contributed by atoms with E-state index in [-0.39, 0.29) is 18.4 Å². The maximum Gasteiger partial charge on any atom is 0.326 e. The lowest BCUT2D eigenvalue weighted by Crippen LogP contribution is -2.34. The van der Waals surface area contributed by atoms with Crippen molar-refractivity contribution in [3.05, 3.63) is 33.8 Å². The lowest BCUT2D eigenvalue weighted by molar-refractivity contribution is -0.148. The fourth-order valence-corrected chi connectivity index (χ4v) is 3.36. The first-order valence-electron chi connectivity index (χ1n) is 7.23. The number of hydrogen-bond donors (Lipinski definition) is 1. The number of hydrogen-bond acceptors (Lipinski definition) is 5. The molecule has 0 aliphatic carbocycles.